The monoisotopic (exact) mass is 375 g/mol. The van der Waals surface area contributed by atoms with Gasteiger partial charge in [0.05, 0.1) is 0 Å². The molecule has 0 aromatic heterocycles. The van der Waals surface area contributed by atoms with Gasteiger partial charge in [-0.15, -0.1) is 0 Å². The van der Waals surface area contributed by atoms with Crippen molar-refractivity contribution in [1.82, 2.24) is 0 Å². The molecule has 2 aliphatic rings. The van der Waals surface area contributed by atoms with E-state index < -0.39 is 0 Å². The van der Waals surface area contributed by atoms with Gasteiger partial charge in [0.2, 0.25) is 0 Å². The Balaban J connectivity index is 0.00000220. The second-order valence-corrected chi connectivity index (χ2v) is 7.89. The fourth-order valence-electron chi connectivity index (χ4n) is 3.21. The minimum absolute atomic E-state index is 0. The van der Waals surface area contributed by atoms with Crippen molar-refractivity contribution in [2.24, 2.45) is 5.41 Å². The first-order valence-corrected chi connectivity index (χ1v) is 8.11. The summed E-state index contributed by atoms with van der Waals surface area (Å²) < 4.78 is 7.58. The fourth-order valence-corrected chi connectivity index (χ4v) is 3.66. The van der Waals surface area contributed by atoms with Gasteiger partial charge in [0, 0.05) is 0 Å². The molecule has 0 heterocycles. The van der Waals surface area contributed by atoms with Crippen LogP contribution in [0.15, 0.2) is 44.9 Å². The normalized spacial score (nSPS) is 24.5. The summed E-state index contributed by atoms with van der Waals surface area (Å²) in [6, 6.07) is 0. The quantitative estimate of drug-likeness (QED) is 0.566. The molecule has 0 radical (unpaired) electrons. The maximum atomic E-state index is 6.10. The minimum atomic E-state index is -0.178. The Morgan fingerprint density at radius 3 is 2.36 bits per heavy atom. The second kappa shape index (κ2) is 8.35. The van der Waals surface area contributed by atoms with Gasteiger partial charge in [-0.05, 0) is 0 Å². The van der Waals surface area contributed by atoms with Crippen LogP contribution in [0.4, 0.5) is 0 Å². The van der Waals surface area contributed by atoms with Crippen LogP contribution in [0.1, 0.15) is 47.0 Å². The van der Waals surface area contributed by atoms with E-state index in [9.17, 15) is 0 Å². The average molecular weight is 376 g/mol. The minimum Gasteiger partial charge on any atom is -1.00 e. The first-order valence-electron chi connectivity index (χ1n) is 7.33. The molecule has 1 unspecified atom stereocenters. The van der Waals surface area contributed by atoms with E-state index in [0.717, 1.165) is 19.3 Å². The molecule has 0 amide bonds. The third-order valence-corrected chi connectivity index (χ3v) is 5.14. The molecule has 0 bridgehead atoms. The van der Waals surface area contributed by atoms with Crippen LogP contribution < -0.4 is 24.8 Å². The van der Waals surface area contributed by atoms with Gasteiger partial charge in [-0.2, -0.15) is 0 Å². The van der Waals surface area contributed by atoms with Crippen LogP contribution in [0.25, 0.3) is 0 Å². The van der Waals surface area contributed by atoms with Crippen LogP contribution >= 0.6 is 0 Å². The van der Waals surface area contributed by atoms with E-state index >= 15 is 0 Å². The number of hydrogen-bond donors (Lipinski definition) is 0. The predicted molar refractivity (Wildman–Crippen MR) is 81.1 cm³/mol. The summed E-state index contributed by atoms with van der Waals surface area (Å²) in [4.78, 5) is 0. The standard InChI is InChI=1S/C18H25O.2ClH.Ti/c1-14-10-11-18(19-5,13-15-8-6-7-9-15)16(12-14)17(2,3)4;;;/h6,8,10,12H,7,11,13H2,1-5H3;2*1H;/q;;;+2/p-2. The summed E-state index contributed by atoms with van der Waals surface area (Å²) in [5.41, 5.74) is 4.18. The zero-order valence-electron chi connectivity index (χ0n) is 14.1. The third-order valence-electron chi connectivity index (χ3n) is 4.32. The number of halogens is 2. The van der Waals surface area contributed by atoms with Gasteiger partial charge in [0.15, 0.2) is 0 Å². The van der Waals surface area contributed by atoms with E-state index in [1.165, 1.54) is 20.6 Å². The van der Waals surface area contributed by atoms with Crippen molar-refractivity contribution in [2.75, 3.05) is 7.11 Å². The Kier molecular flexibility index (Phi) is 8.43. The van der Waals surface area contributed by atoms with Crippen LogP contribution in [-0.2, 0) is 25.2 Å². The van der Waals surface area contributed by atoms with Gasteiger partial charge < -0.3 is 24.8 Å². The zero-order chi connectivity index (χ0) is 15.0. The Hall–Kier alpha value is 0.214. The Morgan fingerprint density at radius 1 is 1.27 bits per heavy atom. The summed E-state index contributed by atoms with van der Waals surface area (Å²) in [5.74, 6) is 0. The summed E-state index contributed by atoms with van der Waals surface area (Å²) in [5, 5.41) is 0. The Labute approximate surface area is 159 Å². The summed E-state index contributed by atoms with van der Waals surface area (Å²) in [6.07, 6.45) is 12.2. The molecular formula is C18H25Cl2OTi. The Morgan fingerprint density at radius 2 is 1.91 bits per heavy atom. The molecule has 22 heavy (non-hydrogen) atoms. The molecule has 0 aromatic rings. The maximum absolute atomic E-state index is 6.10. The van der Waals surface area contributed by atoms with Gasteiger partial charge in [-0.25, -0.2) is 0 Å². The van der Waals surface area contributed by atoms with Gasteiger partial charge in [-0.3, -0.25) is 0 Å². The number of hydrogen-bond acceptors (Lipinski definition) is 1. The van der Waals surface area contributed by atoms with E-state index in [-0.39, 0.29) is 35.8 Å². The van der Waals surface area contributed by atoms with E-state index in [2.05, 4.69) is 72.4 Å². The van der Waals surface area contributed by atoms with Crippen molar-refractivity contribution in [1.29, 1.82) is 0 Å². The van der Waals surface area contributed by atoms with Crippen molar-refractivity contribution < 1.29 is 50.0 Å². The molecule has 0 fully saturated rings. The molecule has 0 aromatic carbocycles. The summed E-state index contributed by atoms with van der Waals surface area (Å²) >= 11 is 2.24. The number of ether oxygens (including phenoxy) is 1. The van der Waals surface area contributed by atoms with E-state index in [0.29, 0.717) is 0 Å². The SMILES string of the molecule is COC1(CC2=[C]([Ti+2])CC=C2)CC=C(C)C=C1C(C)(C)C.[Cl-].[Cl-]. The molecule has 1 atom stereocenters. The average Bonchev–Trinajstić information content (AvgIpc) is 2.76. The molecule has 4 heteroatoms. The van der Waals surface area contributed by atoms with Crippen LogP contribution in [0.5, 0.6) is 0 Å². The van der Waals surface area contributed by atoms with E-state index in [1.54, 1.807) is 0 Å². The summed E-state index contributed by atoms with van der Waals surface area (Å²) in [6.45, 7) is 9.05. The number of methoxy groups -OCH3 is 1. The largest absolute Gasteiger partial charge is 1.00 e. The van der Waals surface area contributed by atoms with Crippen molar-refractivity contribution >= 4 is 0 Å². The van der Waals surface area contributed by atoms with Crippen molar-refractivity contribution in [3.63, 3.8) is 0 Å². The number of allylic oxidation sites excluding steroid dienone is 5. The van der Waals surface area contributed by atoms with Gasteiger partial charge in [-0.1, -0.05) is 0 Å². The fraction of sp³-hybridized carbons (Fsp3) is 0.556. The molecule has 0 saturated carbocycles. The second-order valence-electron chi connectivity index (χ2n) is 6.95. The Bertz CT molecular complexity index is 524. The topological polar surface area (TPSA) is 9.23 Å². The third kappa shape index (κ3) is 4.61. The van der Waals surface area contributed by atoms with Gasteiger partial charge >= 0.3 is 135 Å². The molecule has 0 saturated heterocycles. The molecule has 0 spiro atoms. The van der Waals surface area contributed by atoms with Crippen LogP contribution in [0, 0.1) is 5.41 Å². The van der Waals surface area contributed by atoms with Crippen LogP contribution in [0.3, 0.4) is 0 Å². The number of rotatable bonds is 3. The smallest absolute Gasteiger partial charge is 1.00 e. The van der Waals surface area contributed by atoms with Crippen molar-refractivity contribution in [3.8, 4) is 0 Å². The first kappa shape index (κ1) is 22.2. The van der Waals surface area contributed by atoms with Crippen LogP contribution in [0.2, 0.25) is 0 Å². The van der Waals surface area contributed by atoms with Gasteiger partial charge in [0.25, 0.3) is 0 Å². The molecule has 1 nitrogen and oxygen atoms in total. The van der Waals surface area contributed by atoms with Crippen molar-refractivity contribution in [3.05, 3.63) is 44.9 Å². The van der Waals surface area contributed by atoms with Crippen LogP contribution in [-0.4, -0.2) is 12.7 Å². The van der Waals surface area contributed by atoms with E-state index in [4.69, 9.17) is 4.74 Å². The first-order chi connectivity index (χ1) is 9.28. The molecule has 121 valence electrons. The van der Waals surface area contributed by atoms with Crippen molar-refractivity contribution in [2.45, 2.75) is 52.6 Å². The van der Waals surface area contributed by atoms with E-state index in [1.807, 2.05) is 7.11 Å². The molecule has 0 N–H and O–H groups in total. The molecule has 2 aliphatic carbocycles. The molecule has 2 rings (SSSR count). The maximum Gasteiger partial charge on any atom is -1.00 e. The molecule has 0 aliphatic heterocycles. The van der Waals surface area contributed by atoms with Gasteiger partial charge in [0.1, 0.15) is 0 Å². The summed E-state index contributed by atoms with van der Waals surface area (Å²) in [7, 11) is 1.86. The zero-order valence-corrected chi connectivity index (χ0v) is 17.2. The molecular weight excluding hydrogens is 351 g/mol. The predicted octanol–water partition coefficient (Wildman–Crippen LogP) is -1.15.